The molecule has 3 nitrogen and oxygen atoms in total. The van der Waals surface area contributed by atoms with E-state index in [0.717, 1.165) is 19.6 Å². The number of carbonyl (C=O) groups excluding carboxylic acids is 1. The van der Waals surface area contributed by atoms with E-state index in [-0.39, 0.29) is 11.9 Å². The van der Waals surface area contributed by atoms with Gasteiger partial charge in [0, 0.05) is 41.9 Å². The minimum atomic E-state index is 0.0804. The number of rotatable bonds is 2. The topological polar surface area (TPSA) is 23.6 Å². The summed E-state index contributed by atoms with van der Waals surface area (Å²) < 4.78 is 0. The highest BCUT2D eigenvalue weighted by Gasteiger charge is 2.28. The van der Waals surface area contributed by atoms with Gasteiger partial charge in [-0.05, 0) is 43.3 Å². The normalized spacial score (nSPS) is 18.4. The molecule has 0 aliphatic carbocycles. The molecule has 0 aromatic heterocycles. The zero-order valence-electron chi connectivity index (χ0n) is 12.6. The summed E-state index contributed by atoms with van der Waals surface area (Å²) in [5.41, 5.74) is 1.91. The fourth-order valence-corrected chi connectivity index (χ4v) is 3.02. The van der Waals surface area contributed by atoms with E-state index >= 15 is 0 Å². The first-order valence-electron chi connectivity index (χ1n) is 7.51. The standard InChI is InChI=1S/C18H19ClN2O/c1-14-13-20(17-5-3-2-4-6-17)11-12-21(14)18(22)15-7-9-16(19)10-8-15/h2-10,14H,11-13H2,1H3. The van der Waals surface area contributed by atoms with Gasteiger partial charge in [0.2, 0.25) is 0 Å². The van der Waals surface area contributed by atoms with Crippen molar-refractivity contribution in [1.82, 2.24) is 4.90 Å². The SMILES string of the molecule is CC1CN(c2ccccc2)CCN1C(=O)c1ccc(Cl)cc1. The number of hydrogen-bond acceptors (Lipinski definition) is 2. The Bertz CT molecular complexity index is 642. The summed E-state index contributed by atoms with van der Waals surface area (Å²) >= 11 is 5.89. The summed E-state index contributed by atoms with van der Waals surface area (Å²) in [6.45, 7) is 4.54. The Hall–Kier alpha value is -2.00. The van der Waals surface area contributed by atoms with Crippen molar-refractivity contribution in [1.29, 1.82) is 0 Å². The Balaban J connectivity index is 1.70. The van der Waals surface area contributed by atoms with Gasteiger partial charge in [0.15, 0.2) is 0 Å². The van der Waals surface area contributed by atoms with Crippen LogP contribution in [0.2, 0.25) is 5.02 Å². The Morgan fingerprint density at radius 2 is 1.73 bits per heavy atom. The molecule has 1 fully saturated rings. The number of nitrogens with zero attached hydrogens (tertiary/aromatic N) is 2. The third-order valence-corrected chi connectivity index (χ3v) is 4.35. The molecule has 1 atom stereocenters. The number of carbonyl (C=O) groups is 1. The number of amides is 1. The molecule has 1 unspecified atom stereocenters. The third kappa shape index (κ3) is 3.09. The van der Waals surface area contributed by atoms with E-state index in [0.29, 0.717) is 10.6 Å². The summed E-state index contributed by atoms with van der Waals surface area (Å²) in [6.07, 6.45) is 0. The Morgan fingerprint density at radius 1 is 1.05 bits per heavy atom. The molecule has 114 valence electrons. The highest BCUT2D eigenvalue weighted by atomic mass is 35.5. The van der Waals surface area contributed by atoms with Gasteiger partial charge in [0.25, 0.3) is 5.91 Å². The lowest BCUT2D eigenvalue weighted by Crippen LogP contribution is -2.54. The number of anilines is 1. The minimum absolute atomic E-state index is 0.0804. The molecule has 3 rings (SSSR count). The minimum Gasteiger partial charge on any atom is -0.368 e. The van der Waals surface area contributed by atoms with Crippen LogP contribution in [0.25, 0.3) is 0 Å². The smallest absolute Gasteiger partial charge is 0.254 e. The van der Waals surface area contributed by atoms with E-state index in [1.54, 1.807) is 24.3 Å². The van der Waals surface area contributed by atoms with Gasteiger partial charge in [-0.2, -0.15) is 0 Å². The van der Waals surface area contributed by atoms with Gasteiger partial charge >= 0.3 is 0 Å². The highest BCUT2D eigenvalue weighted by molar-refractivity contribution is 6.30. The first-order chi connectivity index (χ1) is 10.6. The second kappa shape index (κ2) is 6.41. The predicted molar refractivity (Wildman–Crippen MR) is 90.6 cm³/mol. The van der Waals surface area contributed by atoms with Crippen LogP contribution in [-0.4, -0.2) is 36.5 Å². The lowest BCUT2D eigenvalue weighted by atomic mass is 10.1. The van der Waals surface area contributed by atoms with Crippen LogP contribution in [0.3, 0.4) is 0 Å². The molecule has 0 N–H and O–H groups in total. The van der Waals surface area contributed by atoms with E-state index in [1.165, 1.54) is 5.69 Å². The van der Waals surface area contributed by atoms with E-state index in [2.05, 4.69) is 24.0 Å². The van der Waals surface area contributed by atoms with Gasteiger partial charge in [-0.1, -0.05) is 29.8 Å². The molecule has 1 heterocycles. The second-order valence-corrected chi connectivity index (χ2v) is 6.07. The van der Waals surface area contributed by atoms with Crippen molar-refractivity contribution in [3.05, 3.63) is 65.2 Å². The van der Waals surface area contributed by atoms with Crippen LogP contribution in [0, 0.1) is 0 Å². The molecule has 0 bridgehead atoms. The molecule has 22 heavy (non-hydrogen) atoms. The van der Waals surface area contributed by atoms with Crippen molar-refractivity contribution in [2.24, 2.45) is 0 Å². The number of piperazine rings is 1. The maximum absolute atomic E-state index is 12.6. The molecule has 1 aliphatic rings. The molecule has 0 saturated carbocycles. The zero-order valence-corrected chi connectivity index (χ0v) is 13.3. The monoisotopic (exact) mass is 314 g/mol. The van der Waals surface area contributed by atoms with Gasteiger partial charge in [0.05, 0.1) is 0 Å². The van der Waals surface area contributed by atoms with Crippen LogP contribution in [0.15, 0.2) is 54.6 Å². The zero-order chi connectivity index (χ0) is 15.5. The van der Waals surface area contributed by atoms with Crippen LogP contribution in [-0.2, 0) is 0 Å². The lowest BCUT2D eigenvalue weighted by molar-refractivity contribution is 0.0674. The molecule has 1 saturated heterocycles. The number of halogens is 1. The fourth-order valence-electron chi connectivity index (χ4n) is 2.89. The summed E-state index contributed by atoms with van der Waals surface area (Å²) in [5, 5.41) is 0.651. The third-order valence-electron chi connectivity index (χ3n) is 4.10. The van der Waals surface area contributed by atoms with Gasteiger partial charge in [-0.15, -0.1) is 0 Å². The van der Waals surface area contributed by atoms with Gasteiger partial charge in [0.1, 0.15) is 0 Å². The molecular formula is C18H19ClN2O. The van der Waals surface area contributed by atoms with Crippen molar-refractivity contribution < 1.29 is 4.79 Å². The molecule has 1 amide bonds. The highest BCUT2D eigenvalue weighted by Crippen LogP contribution is 2.20. The molecular weight excluding hydrogens is 296 g/mol. The summed E-state index contributed by atoms with van der Waals surface area (Å²) in [6, 6.07) is 17.6. The van der Waals surface area contributed by atoms with Crippen LogP contribution >= 0.6 is 11.6 Å². The largest absolute Gasteiger partial charge is 0.368 e. The maximum Gasteiger partial charge on any atom is 0.254 e. The van der Waals surface area contributed by atoms with Crippen LogP contribution in [0.1, 0.15) is 17.3 Å². The van der Waals surface area contributed by atoms with Crippen LogP contribution in [0.4, 0.5) is 5.69 Å². The van der Waals surface area contributed by atoms with Crippen molar-refractivity contribution in [2.75, 3.05) is 24.5 Å². The first kappa shape index (κ1) is 14.9. The molecule has 1 aliphatic heterocycles. The average Bonchev–Trinajstić information content (AvgIpc) is 2.56. The lowest BCUT2D eigenvalue weighted by Gasteiger charge is -2.41. The molecule has 4 heteroatoms. The molecule has 2 aromatic rings. The van der Waals surface area contributed by atoms with Crippen molar-refractivity contribution in [3.8, 4) is 0 Å². The Labute approximate surface area is 136 Å². The van der Waals surface area contributed by atoms with E-state index in [4.69, 9.17) is 11.6 Å². The maximum atomic E-state index is 12.6. The van der Waals surface area contributed by atoms with Crippen molar-refractivity contribution >= 4 is 23.2 Å². The van der Waals surface area contributed by atoms with Gasteiger partial charge in [-0.3, -0.25) is 4.79 Å². The average molecular weight is 315 g/mol. The van der Waals surface area contributed by atoms with E-state index in [9.17, 15) is 4.79 Å². The number of hydrogen-bond donors (Lipinski definition) is 0. The molecule has 2 aromatic carbocycles. The molecule has 0 radical (unpaired) electrons. The first-order valence-corrected chi connectivity index (χ1v) is 7.89. The molecule has 0 spiro atoms. The van der Waals surface area contributed by atoms with Crippen molar-refractivity contribution in [3.63, 3.8) is 0 Å². The summed E-state index contributed by atoms with van der Waals surface area (Å²) in [7, 11) is 0. The fraction of sp³-hybridized carbons (Fsp3) is 0.278. The summed E-state index contributed by atoms with van der Waals surface area (Å²) in [5.74, 6) is 0.0804. The van der Waals surface area contributed by atoms with E-state index in [1.807, 2.05) is 23.1 Å². The Morgan fingerprint density at radius 3 is 2.36 bits per heavy atom. The van der Waals surface area contributed by atoms with Gasteiger partial charge < -0.3 is 9.80 Å². The van der Waals surface area contributed by atoms with Gasteiger partial charge in [-0.25, -0.2) is 0 Å². The predicted octanol–water partition coefficient (Wildman–Crippen LogP) is 3.69. The van der Waals surface area contributed by atoms with Crippen LogP contribution < -0.4 is 4.90 Å². The van der Waals surface area contributed by atoms with Crippen molar-refractivity contribution in [2.45, 2.75) is 13.0 Å². The quantitative estimate of drug-likeness (QED) is 0.844. The summed E-state index contributed by atoms with van der Waals surface area (Å²) in [4.78, 5) is 16.9. The Kier molecular flexibility index (Phi) is 4.34. The second-order valence-electron chi connectivity index (χ2n) is 5.64. The number of benzene rings is 2. The number of para-hydroxylation sites is 1. The van der Waals surface area contributed by atoms with E-state index < -0.39 is 0 Å². The van der Waals surface area contributed by atoms with Crippen LogP contribution in [0.5, 0.6) is 0 Å².